The summed E-state index contributed by atoms with van der Waals surface area (Å²) in [5.41, 5.74) is 4.71. The summed E-state index contributed by atoms with van der Waals surface area (Å²) in [7, 11) is 1.65. The van der Waals surface area contributed by atoms with E-state index in [0.717, 1.165) is 39.2 Å². The third-order valence-corrected chi connectivity index (χ3v) is 5.31. The lowest BCUT2D eigenvalue weighted by Crippen LogP contribution is -2.35. The zero-order valence-electron chi connectivity index (χ0n) is 20.0. The molecular weight excluding hydrogens is 440 g/mol. The molecule has 3 N–H and O–H groups in total. The van der Waals surface area contributed by atoms with Gasteiger partial charge in [-0.1, -0.05) is 30.3 Å². The average Bonchev–Trinajstić information content (AvgIpc) is 3.25. The molecule has 0 saturated heterocycles. The average molecular weight is 469 g/mol. The van der Waals surface area contributed by atoms with Crippen LogP contribution in [0.15, 0.2) is 71.9 Å². The molecule has 0 atom stereocenters. The lowest BCUT2D eigenvalue weighted by Gasteiger charge is -2.10. The number of carbonyl (C=O) groups excluding carboxylic acids is 1. The van der Waals surface area contributed by atoms with E-state index in [1.165, 1.54) is 6.08 Å². The molecule has 0 aliphatic rings. The number of anilines is 1. The number of fused-ring (bicyclic) bond motifs is 1. The summed E-state index contributed by atoms with van der Waals surface area (Å²) < 4.78 is 5.29. The molecule has 4 rings (SSSR count). The number of aromatic nitrogens is 3. The lowest BCUT2D eigenvalue weighted by molar-refractivity contribution is -0.115. The van der Waals surface area contributed by atoms with E-state index in [4.69, 9.17) is 4.74 Å². The maximum atomic E-state index is 12.6. The van der Waals surface area contributed by atoms with E-state index in [0.29, 0.717) is 24.9 Å². The standard InChI is InChI=1S/C27H28N6O2/c1-18-15-19(2)31-27(30-18)33-26(32-25(34)12-9-20-7-5-4-6-8-20)28-14-13-21-17-29-24-16-22(35-3)10-11-23(21)24/h4-12,15-17,29H,13-14H2,1-3H3,(H2,28,30,31,32,33,34). The van der Waals surface area contributed by atoms with Gasteiger partial charge in [-0.15, -0.1) is 0 Å². The molecule has 1 amide bonds. The van der Waals surface area contributed by atoms with Gasteiger partial charge in [0.2, 0.25) is 11.9 Å². The SMILES string of the molecule is COc1ccc2c(CCN=C(NC(=O)C=Cc3ccccc3)Nc3nc(C)cc(C)n3)c[nH]c2c1. The van der Waals surface area contributed by atoms with Crippen molar-refractivity contribution in [3.8, 4) is 5.75 Å². The van der Waals surface area contributed by atoms with Crippen molar-refractivity contribution in [3.05, 3.63) is 89.4 Å². The highest BCUT2D eigenvalue weighted by Gasteiger charge is 2.09. The Morgan fingerprint density at radius 1 is 1.09 bits per heavy atom. The van der Waals surface area contributed by atoms with Crippen molar-refractivity contribution in [2.24, 2.45) is 4.99 Å². The Labute approximate surface area is 204 Å². The fraction of sp³-hybridized carbons (Fsp3) is 0.185. The fourth-order valence-corrected chi connectivity index (χ4v) is 3.68. The molecule has 8 heteroatoms. The predicted molar refractivity (Wildman–Crippen MR) is 140 cm³/mol. The largest absolute Gasteiger partial charge is 0.497 e. The number of benzene rings is 2. The van der Waals surface area contributed by atoms with Gasteiger partial charge in [-0.3, -0.25) is 20.4 Å². The van der Waals surface area contributed by atoms with Crippen LogP contribution >= 0.6 is 0 Å². The number of H-pyrrole nitrogens is 1. The summed E-state index contributed by atoms with van der Waals surface area (Å²) in [6, 6.07) is 17.4. The molecule has 0 radical (unpaired) electrons. The van der Waals surface area contributed by atoms with Gasteiger partial charge in [0, 0.05) is 47.2 Å². The second-order valence-electron chi connectivity index (χ2n) is 8.04. The van der Waals surface area contributed by atoms with E-state index in [-0.39, 0.29) is 5.91 Å². The van der Waals surface area contributed by atoms with Crippen LogP contribution < -0.4 is 15.4 Å². The molecule has 8 nitrogen and oxygen atoms in total. The number of rotatable bonds is 7. The second kappa shape index (κ2) is 11.1. The van der Waals surface area contributed by atoms with Gasteiger partial charge < -0.3 is 9.72 Å². The normalized spacial score (nSPS) is 11.7. The molecule has 0 spiro atoms. The molecule has 0 saturated carbocycles. The number of nitrogens with one attached hydrogen (secondary N) is 3. The van der Waals surface area contributed by atoms with Gasteiger partial charge in [0.1, 0.15) is 5.75 Å². The zero-order valence-corrected chi connectivity index (χ0v) is 20.0. The van der Waals surface area contributed by atoms with Crippen molar-refractivity contribution in [3.63, 3.8) is 0 Å². The molecule has 0 bridgehead atoms. The number of guanidine groups is 1. The van der Waals surface area contributed by atoms with E-state index in [2.05, 4.69) is 30.6 Å². The molecular formula is C27H28N6O2. The maximum Gasteiger partial charge on any atom is 0.250 e. The van der Waals surface area contributed by atoms with E-state index in [1.54, 1.807) is 13.2 Å². The number of carbonyl (C=O) groups is 1. The van der Waals surface area contributed by atoms with Crippen molar-refractivity contribution < 1.29 is 9.53 Å². The maximum absolute atomic E-state index is 12.6. The van der Waals surface area contributed by atoms with Gasteiger partial charge in [-0.25, -0.2) is 9.97 Å². The quantitative estimate of drug-likeness (QED) is 0.212. The Bertz CT molecular complexity index is 1350. The first-order chi connectivity index (χ1) is 17.0. The molecule has 2 aromatic carbocycles. The number of methoxy groups -OCH3 is 1. The molecule has 2 aromatic heterocycles. The number of aryl methyl sites for hydroxylation is 2. The second-order valence-corrected chi connectivity index (χ2v) is 8.04. The Hall–Kier alpha value is -4.46. The number of amides is 1. The highest BCUT2D eigenvalue weighted by Crippen LogP contribution is 2.23. The van der Waals surface area contributed by atoms with E-state index in [1.807, 2.05) is 74.6 Å². The highest BCUT2D eigenvalue weighted by atomic mass is 16.5. The number of hydrogen-bond donors (Lipinski definition) is 3. The van der Waals surface area contributed by atoms with Gasteiger partial charge in [-0.05, 0) is 55.7 Å². The number of ether oxygens (including phenoxy) is 1. The predicted octanol–water partition coefficient (Wildman–Crippen LogP) is 4.42. The van der Waals surface area contributed by atoms with Crippen LogP contribution in [0, 0.1) is 13.8 Å². The van der Waals surface area contributed by atoms with Gasteiger partial charge in [0.15, 0.2) is 0 Å². The molecule has 0 aliphatic heterocycles. The summed E-state index contributed by atoms with van der Waals surface area (Å²) in [6.45, 7) is 4.24. The van der Waals surface area contributed by atoms with Crippen molar-refractivity contribution >= 4 is 34.8 Å². The van der Waals surface area contributed by atoms with Crippen molar-refractivity contribution in [2.75, 3.05) is 19.0 Å². The van der Waals surface area contributed by atoms with Crippen molar-refractivity contribution in [2.45, 2.75) is 20.3 Å². The van der Waals surface area contributed by atoms with Crippen LogP contribution in [0.4, 0.5) is 5.95 Å². The van der Waals surface area contributed by atoms with Crippen LogP contribution in [0.5, 0.6) is 5.75 Å². The fourth-order valence-electron chi connectivity index (χ4n) is 3.68. The molecule has 0 unspecified atom stereocenters. The van der Waals surface area contributed by atoms with Crippen molar-refractivity contribution in [1.82, 2.24) is 20.3 Å². The van der Waals surface area contributed by atoms with Gasteiger partial charge >= 0.3 is 0 Å². The molecule has 0 aliphatic carbocycles. The number of aromatic amines is 1. The van der Waals surface area contributed by atoms with E-state index < -0.39 is 0 Å². The third-order valence-electron chi connectivity index (χ3n) is 5.31. The molecule has 178 valence electrons. The minimum Gasteiger partial charge on any atom is -0.497 e. The van der Waals surface area contributed by atoms with Gasteiger partial charge in [0.05, 0.1) is 7.11 Å². The molecule has 0 fully saturated rings. The van der Waals surface area contributed by atoms with Crippen LogP contribution in [-0.2, 0) is 11.2 Å². The van der Waals surface area contributed by atoms with Gasteiger partial charge in [-0.2, -0.15) is 0 Å². The monoisotopic (exact) mass is 468 g/mol. The topological polar surface area (TPSA) is 104 Å². The Balaban J connectivity index is 1.50. The summed E-state index contributed by atoms with van der Waals surface area (Å²) in [5, 5.41) is 6.99. The summed E-state index contributed by atoms with van der Waals surface area (Å²) in [6.07, 6.45) is 5.88. The van der Waals surface area contributed by atoms with Crippen LogP contribution in [0.3, 0.4) is 0 Å². The number of aliphatic imine (C=N–C) groups is 1. The Kier molecular flexibility index (Phi) is 7.52. The first-order valence-corrected chi connectivity index (χ1v) is 11.3. The summed E-state index contributed by atoms with van der Waals surface area (Å²) in [4.78, 5) is 29.3. The Morgan fingerprint density at radius 3 is 2.60 bits per heavy atom. The van der Waals surface area contributed by atoms with E-state index >= 15 is 0 Å². The molecule has 35 heavy (non-hydrogen) atoms. The minimum absolute atomic E-state index is 0.291. The lowest BCUT2D eigenvalue weighted by atomic mass is 10.1. The van der Waals surface area contributed by atoms with E-state index in [9.17, 15) is 4.79 Å². The first kappa shape index (κ1) is 23.7. The Morgan fingerprint density at radius 2 is 1.86 bits per heavy atom. The van der Waals surface area contributed by atoms with Crippen LogP contribution in [0.2, 0.25) is 0 Å². The van der Waals surface area contributed by atoms with Crippen LogP contribution in [0.1, 0.15) is 22.5 Å². The first-order valence-electron chi connectivity index (χ1n) is 11.3. The third kappa shape index (κ3) is 6.54. The number of hydrogen-bond acceptors (Lipinski definition) is 5. The minimum atomic E-state index is -0.302. The summed E-state index contributed by atoms with van der Waals surface area (Å²) in [5.74, 6) is 1.17. The highest BCUT2D eigenvalue weighted by molar-refractivity contribution is 6.08. The van der Waals surface area contributed by atoms with Crippen LogP contribution in [-0.4, -0.2) is 40.5 Å². The molecule has 4 aromatic rings. The molecule has 2 heterocycles. The van der Waals surface area contributed by atoms with Gasteiger partial charge in [0.25, 0.3) is 5.91 Å². The summed E-state index contributed by atoms with van der Waals surface area (Å²) >= 11 is 0. The van der Waals surface area contributed by atoms with Crippen molar-refractivity contribution in [1.29, 1.82) is 0 Å². The van der Waals surface area contributed by atoms with Crippen LogP contribution in [0.25, 0.3) is 17.0 Å². The zero-order chi connectivity index (χ0) is 24.6. The number of nitrogens with zero attached hydrogens (tertiary/aromatic N) is 3. The smallest absolute Gasteiger partial charge is 0.250 e.